The van der Waals surface area contributed by atoms with E-state index in [4.69, 9.17) is 9.72 Å². The SMILES string of the molecule is CC(C)C(=O)Nc1cncc(-c2ccc3[nH]nc(-c4nc5c(-c6cc(F)cc(OCCN7CCCC7)c6)nccc5[nH]4)c3c2)c1. The molecule has 1 aliphatic heterocycles. The zero-order valence-electron chi connectivity index (χ0n) is 25.1. The minimum absolute atomic E-state index is 0.0696. The number of aromatic nitrogens is 6. The van der Waals surface area contributed by atoms with Crippen LogP contribution in [0.2, 0.25) is 0 Å². The van der Waals surface area contributed by atoms with Crippen LogP contribution in [0.4, 0.5) is 10.1 Å². The summed E-state index contributed by atoms with van der Waals surface area (Å²) in [4.78, 5) is 31.7. The van der Waals surface area contributed by atoms with Crippen molar-refractivity contribution in [1.82, 2.24) is 35.0 Å². The second kappa shape index (κ2) is 12.1. The predicted molar refractivity (Wildman–Crippen MR) is 172 cm³/mol. The molecule has 11 heteroatoms. The highest BCUT2D eigenvalue weighted by Gasteiger charge is 2.18. The van der Waals surface area contributed by atoms with Gasteiger partial charge in [0.1, 0.15) is 29.4 Å². The molecule has 0 spiro atoms. The second-order valence-electron chi connectivity index (χ2n) is 11.7. The Labute approximate surface area is 259 Å². The molecule has 1 fully saturated rings. The van der Waals surface area contributed by atoms with Gasteiger partial charge in [-0.25, -0.2) is 9.37 Å². The first-order valence-electron chi connectivity index (χ1n) is 15.2. The average Bonchev–Trinajstić information content (AvgIpc) is 3.80. The van der Waals surface area contributed by atoms with Gasteiger partial charge in [0.05, 0.1) is 28.6 Å². The van der Waals surface area contributed by atoms with E-state index < -0.39 is 5.82 Å². The number of rotatable bonds is 9. The molecule has 0 atom stereocenters. The largest absolute Gasteiger partial charge is 0.492 e. The number of likely N-dealkylation sites (tertiary alicyclic amines) is 1. The Hall–Kier alpha value is -5.16. The van der Waals surface area contributed by atoms with Crippen molar-refractivity contribution in [3.63, 3.8) is 0 Å². The van der Waals surface area contributed by atoms with Crippen molar-refractivity contribution in [2.75, 3.05) is 31.6 Å². The molecule has 228 valence electrons. The summed E-state index contributed by atoms with van der Waals surface area (Å²) in [5.41, 5.74) is 6.36. The molecule has 10 nitrogen and oxygen atoms in total. The number of nitrogens with one attached hydrogen (secondary N) is 3. The van der Waals surface area contributed by atoms with Crippen LogP contribution in [0.1, 0.15) is 26.7 Å². The van der Waals surface area contributed by atoms with Crippen molar-refractivity contribution in [2.45, 2.75) is 26.7 Å². The maximum Gasteiger partial charge on any atom is 0.226 e. The lowest BCUT2D eigenvalue weighted by atomic mass is 10.0. The van der Waals surface area contributed by atoms with Gasteiger partial charge in [-0.1, -0.05) is 19.9 Å². The molecule has 1 amide bonds. The minimum Gasteiger partial charge on any atom is -0.492 e. The Morgan fingerprint density at radius 3 is 2.71 bits per heavy atom. The number of anilines is 1. The van der Waals surface area contributed by atoms with Crippen molar-refractivity contribution in [3.8, 4) is 39.7 Å². The van der Waals surface area contributed by atoms with Gasteiger partial charge in [0.25, 0.3) is 0 Å². The summed E-state index contributed by atoms with van der Waals surface area (Å²) < 4.78 is 20.7. The third-order valence-electron chi connectivity index (χ3n) is 8.07. The topological polar surface area (TPSA) is 125 Å². The average molecular weight is 605 g/mol. The molecule has 0 aliphatic carbocycles. The molecule has 0 saturated carbocycles. The molecular formula is C34H33FN8O2. The normalized spacial score (nSPS) is 13.7. The van der Waals surface area contributed by atoms with Crippen LogP contribution in [0.3, 0.4) is 0 Å². The summed E-state index contributed by atoms with van der Waals surface area (Å²) in [7, 11) is 0. The highest BCUT2D eigenvalue weighted by Crippen LogP contribution is 2.34. The molecule has 7 rings (SSSR count). The first-order chi connectivity index (χ1) is 21.9. The van der Waals surface area contributed by atoms with Gasteiger partial charge >= 0.3 is 0 Å². The third kappa shape index (κ3) is 5.99. The van der Waals surface area contributed by atoms with Crippen molar-refractivity contribution >= 4 is 33.5 Å². The van der Waals surface area contributed by atoms with Crippen LogP contribution >= 0.6 is 0 Å². The maximum absolute atomic E-state index is 14.8. The highest BCUT2D eigenvalue weighted by molar-refractivity contribution is 5.98. The zero-order chi connectivity index (χ0) is 30.9. The fraction of sp³-hybridized carbons (Fsp3) is 0.265. The molecule has 2 aromatic carbocycles. The molecule has 0 bridgehead atoms. The van der Waals surface area contributed by atoms with Gasteiger partial charge < -0.3 is 15.0 Å². The fourth-order valence-corrected chi connectivity index (χ4v) is 5.67. The van der Waals surface area contributed by atoms with Crippen molar-refractivity contribution in [1.29, 1.82) is 0 Å². The van der Waals surface area contributed by atoms with Crippen LogP contribution < -0.4 is 10.1 Å². The molecule has 0 radical (unpaired) electrons. The lowest BCUT2D eigenvalue weighted by Crippen LogP contribution is -2.25. The predicted octanol–water partition coefficient (Wildman–Crippen LogP) is 6.44. The number of ether oxygens (including phenoxy) is 1. The quantitative estimate of drug-likeness (QED) is 0.174. The van der Waals surface area contributed by atoms with Crippen molar-refractivity contribution in [2.24, 2.45) is 5.92 Å². The molecule has 0 unspecified atom stereocenters. The standard InChI is InChI=1S/C34H33FN8O2/c1-20(2)34(44)38-25-14-23(18-36-19-25)21-5-6-28-27(16-21)31(42-41-28)33-39-29-7-8-37-30(32(29)40-33)22-13-24(35)17-26(15-22)45-12-11-43-9-3-4-10-43/h5-8,13-20H,3-4,9-12H2,1-2H3,(H,38,44)(H,39,40)(H,41,42). The summed E-state index contributed by atoms with van der Waals surface area (Å²) in [6.45, 7) is 7.17. The van der Waals surface area contributed by atoms with E-state index in [9.17, 15) is 9.18 Å². The van der Waals surface area contributed by atoms with E-state index >= 15 is 0 Å². The van der Waals surface area contributed by atoms with E-state index in [2.05, 4.69) is 35.4 Å². The number of aromatic amines is 2. The number of fused-ring (bicyclic) bond motifs is 2. The number of H-pyrrole nitrogens is 2. The van der Waals surface area contributed by atoms with E-state index in [0.717, 1.165) is 47.2 Å². The number of hydrogen-bond donors (Lipinski definition) is 3. The molecule has 6 aromatic rings. The van der Waals surface area contributed by atoms with E-state index in [0.29, 0.717) is 46.3 Å². The number of carbonyl (C=O) groups is 1. The van der Waals surface area contributed by atoms with Gasteiger partial charge in [0.15, 0.2) is 5.82 Å². The lowest BCUT2D eigenvalue weighted by molar-refractivity contribution is -0.118. The molecular weight excluding hydrogens is 571 g/mol. The third-order valence-corrected chi connectivity index (χ3v) is 8.07. The van der Waals surface area contributed by atoms with Crippen LogP contribution in [-0.2, 0) is 4.79 Å². The van der Waals surface area contributed by atoms with Gasteiger partial charge in [-0.15, -0.1) is 0 Å². The van der Waals surface area contributed by atoms with Crippen LogP contribution in [0, 0.1) is 11.7 Å². The van der Waals surface area contributed by atoms with Crippen LogP contribution in [-0.4, -0.2) is 67.2 Å². The zero-order valence-corrected chi connectivity index (χ0v) is 25.1. The monoisotopic (exact) mass is 604 g/mol. The maximum atomic E-state index is 14.8. The van der Waals surface area contributed by atoms with Crippen molar-refractivity contribution < 1.29 is 13.9 Å². The van der Waals surface area contributed by atoms with E-state index in [-0.39, 0.29) is 11.8 Å². The molecule has 5 heterocycles. The summed E-state index contributed by atoms with van der Waals surface area (Å²) in [5.74, 6) is 0.411. The fourth-order valence-electron chi connectivity index (χ4n) is 5.67. The number of imidazole rings is 1. The smallest absolute Gasteiger partial charge is 0.226 e. The summed E-state index contributed by atoms with van der Waals surface area (Å²) in [6, 6.07) is 14.3. The number of amides is 1. The van der Waals surface area contributed by atoms with Crippen LogP contribution in [0.25, 0.3) is 55.8 Å². The van der Waals surface area contributed by atoms with E-state index in [1.54, 1.807) is 18.6 Å². The number of benzene rings is 2. The molecule has 3 N–H and O–H groups in total. The summed E-state index contributed by atoms with van der Waals surface area (Å²) in [6.07, 6.45) is 7.50. The first kappa shape index (κ1) is 28.6. The summed E-state index contributed by atoms with van der Waals surface area (Å²) in [5, 5.41) is 11.4. The number of halogens is 1. The van der Waals surface area contributed by atoms with Gasteiger partial charge in [0, 0.05) is 47.4 Å². The minimum atomic E-state index is -0.397. The Bertz CT molecular complexity index is 2010. The number of carbonyl (C=O) groups excluding carboxylic acids is 1. The van der Waals surface area contributed by atoms with Gasteiger partial charge in [-0.2, -0.15) is 5.10 Å². The van der Waals surface area contributed by atoms with E-state index in [1.807, 2.05) is 50.2 Å². The number of pyridine rings is 2. The Morgan fingerprint density at radius 2 is 1.87 bits per heavy atom. The highest BCUT2D eigenvalue weighted by atomic mass is 19.1. The Kier molecular flexibility index (Phi) is 7.68. The molecule has 4 aromatic heterocycles. The van der Waals surface area contributed by atoms with Gasteiger partial charge in [0.2, 0.25) is 5.91 Å². The second-order valence-corrected chi connectivity index (χ2v) is 11.7. The molecule has 45 heavy (non-hydrogen) atoms. The van der Waals surface area contributed by atoms with Gasteiger partial charge in [-0.05, 0) is 67.9 Å². The molecule has 1 saturated heterocycles. The molecule has 1 aliphatic rings. The van der Waals surface area contributed by atoms with Crippen LogP contribution in [0.5, 0.6) is 5.75 Å². The Balaban J connectivity index is 1.20. The van der Waals surface area contributed by atoms with E-state index in [1.165, 1.54) is 25.0 Å². The first-order valence-corrected chi connectivity index (χ1v) is 15.2. The lowest BCUT2D eigenvalue weighted by Gasteiger charge is -2.15. The summed E-state index contributed by atoms with van der Waals surface area (Å²) >= 11 is 0. The van der Waals surface area contributed by atoms with Crippen molar-refractivity contribution in [3.05, 3.63) is 72.9 Å². The number of nitrogens with zero attached hydrogens (tertiary/aromatic N) is 5. The van der Waals surface area contributed by atoms with Gasteiger partial charge in [-0.3, -0.25) is 24.8 Å². The number of hydrogen-bond acceptors (Lipinski definition) is 7. The van der Waals surface area contributed by atoms with Crippen LogP contribution in [0.15, 0.2) is 67.1 Å². The Morgan fingerprint density at radius 1 is 1.00 bits per heavy atom.